The van der Waals surface area contributed by atoms with Crippen molar-refractivity contribution in [2.75, 3.05) is 42.2 Å². The van der Waals surface area contributed by atoms with Gasteiger partial charge in [0.15, 0.2) is 6.10 Å². The van der Waals surface area contributed by atoms with E-state index in [9.17, 15) is 18.5 Å². The largest absolute Gasteiger partial charge is 0.610 e. The Morgan fingerprint density at radius 2 is 2.28 bits per heavy atom. The number of cyclic esters (lactones) is 1. The van der Waals surface area contributed by atoms with Gasteiger partial charge in [0.25, 0.3) is 5.91 Å². The maximum absolute atomic E-state index is 14.6. The minimum atomic E-state index is -1.13. The Bertz CT molecular complexity index is 744. The molecule has 2 saturated heterocycles. The quantitative estimate of drug-likeness (QED) is 0.768. The van der Waals surface area contributed by atoms with Gasteiger partial charge in [0.1, 0.15) is 18.1 Å². The number of carbonyl (C=O) groups is 2. The Kier molecular flexibility index (Phi) is 4.82. The molecule has 2 atom stereocenters. The summed E-state index contributed by atoms with van der Waals surface area (Å²) in [5, 5.41) is 0.516. The van der Waals surface area contributed by atoms with Crippen LogP contribution in [0.3, 0.4) is 0 Å². The van der Waals surface area contributed by atoms with Gasteiger partial charge in [-0.05, 0) is 18.2 Å². The lowest BCUT2D eigenvalue weighted by Gasteiger charge is -2.30. The number of benzene rings is 1. The summed E-state index contributed by atoms with van der Waals surface area (Å²) in [6.07, 6.45) is -1.79. The Labute approximate surface area is 146 Å². The fourth-order valence-corrected chi connectivity index (χ4v) is 3.87. The highest BCUT2D eigenvalue weighted by atomic mass is 32.2. The van der Waals surface area contributed by atoms with E-state index in [4.69, 9.17) is 10.5 Å². The van der Waals surface area contributed by atoms with Crippen LogP contribution in [0.2, 0.25) is 0 Å². The third-order valence-electron chi connectivity index (χ3n) is 4.10. The van der Waals surface area contributed by atoms with Gasteiger partial charge in [-0.15, -0.1) is 0 Å². The van der Waals surface area contributed by atoms with Crippen LogP contribution in [0.5, 0.6) is 0 Å². The van der Waals surface area contributed by atoms with Crippen LogP contribution in [0.1, 0.15) is 0 Å². The van der Waals surface area contributed by atoms with E-state index in [1.165, 1.54) is 12.1 Å². The predicted molar refractivity (Wildman–Crippen MR) is 91.8 cm³/mol. The number of anilines is 2. The van der Waals surface area contributed by atoms with Crippen molar-refractivity contribution in [2.24, 2.45) is 10.7 Å². The van der Waals surface area contributed by atoms with E-state index in [2.05, 4.69) is 4.99 Å². The monoisotopic (exact) mass is 368 g/mol. The molecule has 25 heavy (non-hydrogen) atoms. The average molecular weight is 368 g/mol. The zero-order chi connectivity index (χ0) is 18.1. The number of aliphatic imine (C=N–C) groups is 1. The third kappa shape index (κ3) is 3.40. The molecule has 8 nitrogen and oxygen atoms in total. The molecule has 2 N–H and O–H groups in total. The second kappa shape index (κ2) is 6.89. The SMILES string of the molecule is C/N=C1\CN(c2ccc(N3C[C@H](C(N)=O)OC3=O)cc2F)CC[S+]1[O-]. The smallest absolute Gasteiger partial charge is 0.415 e. The molecule has 10 heteroatoms. The zero-order valence-corrected chi connectivity index (χ0v) is 14.3. The Hall–Kier alpha value is -2.33. The number of rotatable bonds is 3. The lowest BCUT2D eigenvalue weighted by molar-refractivity contribution is -0.124. The number of amides is 2. The highest BCUT2D eigenvalue weighted by Gasteiger charge is 2.36. The molecule has 2 fully saturated rings. The molecular formula is C15H17FN4O4S. The highest BCUT2D eigenvalue weighted by molar-refractivity contribution is 8.06. The fraction of sp³-hybridized carbons (Fsp3) is 0.400. The van der Waals surface area contributed by atoms with Crippen LogP contribution in [-0.2, 0) is 20.7 Å². The number of ether oxygens (including phenoxy) is 1. The van der Waals surface area contributed by atoms with E-state index in [0.29, 0.717) is 23.0 Å². The molecule has 0 aromatic heterocycles. The molecule has 2 amide bonds. The van der Waals surface area contributed by atoms with Crippen LogP contribution in [0.4, 0.5) is 20.6 Å². The number of nitrogens with zero attached hydrogens (tertiary/aromatic N) is 3. The number of carbonyl (C=O) groups excluding carboxylic acids is 2. The molecule has 2 aliphatic rings. The molecule has 0 bridgehead atoms. The Morgan fingerprint density at radius 1 is 1.52 bits per heavy atom. The van der Waals surface area contributed by atoms with Crippen molar-refractivity contribution in [3.8, 4) is 0 Å². The van der Waals surface area contributed by atoms with Crippen LogP contribution in [0.15, 0.2) is 23.2 Å². The van der Waals surface area contributed by atoms with Crippen LogP contribution < -0.4 is 15.5 Å². The molecule has 2 aliphatic heterocycles. The predicted octanol–water partition coefficient (Wildman–Crippen LogP) is 0.233. The van der Waals surface area contributed by atoms with E-state index < -0.39 is 35.1 Å². The first kappa shape index (κ1) is 17.5. The van der Waals surface area contributed by atoms with Crippen molar-refractivity contribution < 1.29 is 23.3 Å². The van der Waals surface area contributed by atoms with Gasteiger partial charge in [-0.25, -0.2) is 14.2 Å². The van der Waals surface area contributed by atoms with Crippen LogP contribution in [0, 0.1) is 5.82 Å². The number of nitrogens with two attached hydrogens (primary N) is 1. The van der Waals surface area contributed by atoms with Gasteiger partial charge in [-0.3, -0.25) is 9.69 Å². The average Bonchev–Trinajstić information content (AvgIpc) is 2.97. The van der Waals surface area contributed by atoms with Gasteiger partial charge in [0.2, 0.25) is 5.04 Å². The fourth-order valence-electron chi connectivity index (χ4n) is 2.75. The standard InChI is InChI=1S/C15H17FN4O4S/c1-18-13-8-19(4-5-25(13)23)11-3-2-9(6-10(11)16)20-7-12(14(17)21)24-15(20)22/h2-3,6,12H,4-5,7-8H2,1H3,(H2,17,21)/b18-13+/t12-,25?/m1/s1. The van der Waals surface area contributed by atoms with E-state index >= 15 is 0 Å². The van der Waals surface area contributed by atoms with Gasteiger partial charge in [-0.1, -0.05) is 0 Å². The van der Waals surface area contributed by atoms with Crippen molar-refractivity contribution in [2.45, 2.75) is 6.10 Å². The first-order valence-corrected chi connectivity index (χ1v) is 8.88. The van der Waals surface area contributed by atoms with Crippen LogP contribution >= 0.6 is 0 Å². The summed E-state index contributed by atoms with van der Waals surface area (Å²) in [4.78, 5) is 29.9. The summed E-state index contributed by atoms with van der Waals surface area (Å²) >= 11 is -1.13. The van der Waals surface area contributed by atoms with Crippen molar-refractivity contribution in [1.29, 1.82) is 0 Å². The molecule has 0 saturated carbocycles. The first-order valence-electron chi connectivity index (χ1n) is 7.56. The molecule has 1 unspecified atom stereocenters. The Balaban J connectivity index is 1.80. The second-order valence-electron chi connectivity index (χ2n) is 5.61. The summed E-state index contributed by atoms with van der Waals surface area (Å²) in [6.45, 7) is 0.675. The van der Waals surface area contributed by atoms with Crippen LogP contribution in [-0.4, -0.2) is 60.1 Å². The van der Waals surface area contributed by atoms with Gasteiger partial charge in [0.05, 0.1) is 24.5 Å². The van der Waals surface area contributed by atoms with Crippen molar-refractivity contribution in [1.82, 2.24) is 0 Å². The van der Waals surface area contributed by atoms with Crippen molar-refractivity contribution in [3.05, 3.63) is 24.0 Å². The van der Waals surface area contributed by atoms with Gasteiger partial charge in [-0.2, -0.15) is 0 Å². The van der Waals surface area contributed by atoms with Crippen molar-refractivity contribution in [3.63, 3.8) is 0 Å². The molecule has 2 heterocycles. The zero-order valence-electron chi connectivity index (χ0n) is 13.5. The number of hydrogen-bond donors (Lipinski definition) is 1. The number of halogens is 1. The molecule has 0 spiro atoms. The summed E-state index contributed by atoms with van der Waals surface area (Å²) in [5.74, 6) is -0.899. The maximum atomic E-state index is 14.6. The highest BCUT2D eigenvalue weighted by Crippen LogP contribution is 2.29. The van der Waals surface area contributed by atoms with Crippen molar-refractivity contribution >= 4 is 39.6 Å². The first-order chi connectivity index (χ1) is 11.9. The minimum absolute atomic E-state index is 0.0533. The Morgan fingerprint density at radius 3 is 2.88 bits per heavy atom. The normalized spacial score (nSPS) is 25.4. The lowest BCUT2D eigenvalue weighted by atomic mass is 10.2. The molecular weight excluding hydrogens is 351 g/mol. The molecule has 0 aliphatic carbocycles. The lowest BCUT2D eigenvalue weighted by Crippen LogP contribution is -2.44. The second-order valence-corrected chi connectivity index (χ2v) is 7.18. The van der Waals surface area contributed by atoms with E-state index in [1.807, 2.05) is 0 Å². The third-order valence-corrected chi connectivity index (χ3v) is 5.49. The minimum Gasteiger partial charge on any atom is -0.610 e. The van der Waals surface area contributed by atoms with Gasteiger partial charge < -0.3 is 19.9 Å². The van der Waals surface area contributed by atoms with Gasteiger partial charge >= 0.3 is 6.09 Å². The molecule has 134 valence electrons. The molecule has 1 aromatic rings. The number of hydrogen-bond acceptors (Lipinski definition) is 6. The van der Waals surface area contributed by atoms with E-state index in [-0.39, 0.29) is 18.8 Å². The van der Waals surface area contributed by atoms with E-state index in [0.717, 1.165) is 4.90 Å². The maximum Gasteiger partial charge on any atom is 0.415 e. The summed E-state index contributed by atoms with van der Waals surface area (Å²) < 4.78 is 31.2. The van der Waals surface area contributed by atoms with Gasteiger partial charge in [0, 0.05) is 18.2 Å². The topological polar surface area (TPSA) is 111 Å². The molecule has 0 radical (unpaired) electrons. The van der Waals surface area contributed by atoms with Crippen LogP contribution in [0.25, 0.3) is 0 Å². The molecule has 1 aromatic carbocycles. The number of primary amides is 1. The van der Waals surface area contributed by atoms with E-state index in [1.54, 1.807) is 18.0 Å². The summed E-state index contributed by atoms with van der Waals surface area (Å²) in [6, 6.07) is 4.31. The summed E-state index contributed by atoms with van der Waals surface area (Å²) in [5.41, 5.74) is 5.74. The summed E-state index contributed by atoms with van der Waals surface area (Å²) in [7, 11) is 1.56. The molecule has 3 rings (SSSR count).